The van der Waals surface area contributed by atoms with Gasteiger partial charge < -0.3 is 13.3 Å². The van der Waals surface area contributed by atoms with E-state index in [1.165, 1.54) is 0 Å². The van der Waals surface area contributed by atoms with Crippen LogP contribution in [0.1, 0.15) is 41.5 Å². The van der Waals surface area contributed by atoms with Gasteiger partial charge in [-0.15, -0.1) is 0 Å². The van der Waals surface area contributed by atoms with Crippen LogP contribution in [0.5, 0.6) is 0 Å². The number of hydrogen-bond donors (Lipinski definition) is 0. The van der Waals surface area contributed by atoms with Gasteiger partial charge in [0.25, 0.3) is 0 Å². The molecule has 0 aliphatic heterocycles. The molecule has 0 unspecified atom stereocenters. The van der Waals surface area contributed by atoms with Crippen LogP contribution >= 0.6 is 11.8 Å². The zero-order chi connectivity index (χ0) is 14.1. The molecule has 0 N–H and O–H groups in total. The van der Waals surface area contributed by atoms with Crippen LogP contribution < -0.4 is 0 Å². The maximum Gasteiger partial charge on any atom is 0.529 e. The van der Waals surface area contributed by atoms with Crippen LogP contribution in [-0.4, -0.2) is 39.1 Å². The van der Waals surface area contributed by atoms with E-state index in [1.807, 2.05) is 38.2 Å². The standard InChI is InChI=1S/C13H28O3SSi/c1-7-14-18(15-8-2,16-9-3)12-10-11-17-13(4,5)6/h10,12H,7-9,11H2,1-6H3/b12-10-. The summed E-state index contributed by atoms with van der Waals surface area (Å²) in [5.74, 6) is 0.950. The first-order valence-corrected chi connectivity index (χ1v) is 9.41. The molecular formula is C13H28O3SSi. The van der Waals surface area contributed by atoms with Crippen molar-refractivity contribution in [2.75, 3.05) is 25.6 Å². The van der Waals surface area contributed by atoms with E-state index in [1.54, 1.807) is 0 Å². The van der Waals surface area contributed by atoms with Gasteiger partial charge in [0.1, 0.15) is 0 Å². The maximum absolute atomic E-state index is 5.74. The molecule has 0 spiro atoms. The fourth-order valence-corrected chi connectivity index (χ4v) is 4.38. The van der Waals surface area contributed by atoms with Crippen molar-refractivity contribution in [3.05, 3.63) is 11.8 Å². The summed E-state index contributed by atoms with van der Waals surface area (Å²) < 4.78 is 17.5. The lowest BCUT2D eigenvalue weighted by molar-refractivity contribution is 0.0842. The molecule has 0 aromatic carbocycles. The second-order valence-electron chi connectivity index (χ2n) is 4.73. The summed E-state index contributed by atoms with van der Waals surface area (Å²) in [5.41, 5.74) is 2.02. The SMILES string of the molecule is CCO[Si](/C=C\CSC(C)(C)C)(OCC)OCC. The van der Waals surface area contributed by atoms with Crippen molar-refractivity contribution in [2.45, 2.75) is 46.3 Å². The zero-order valence-electron chi connectivity index (χ0n) is 12.6. The van der Waals surface area contributed by atoms with Crippen molar-refractivity contribution in [3.63, 3.8) is 0 Å². The Morgan fingerprint density at radius 2 is 1.39 bits per heavy atom. The van der Waals surface area contributed by atoms with Gasteiger partial charge in [-0.25, -0.2) is 0 Å². The molecule has 3 nitrogen and oxygen atoms in total. The molecule has 0 atom stereocenters. The highest BCUT2D eigenvalue weighted by Gasteiger charge is 2.37. The van der Waals surface area contributed by atoms with Crippen LogP contribution in [0.15, 0.2) is 11.8 Å². The molecular weight excluding hydrogens is 264 g/mol. The predicted octanol–water partition coefficient (Wildman–Crippen LogP) is 3.66. The Labute approximate surface area is 118 Å². The molecule has 0 saturated carbocycles. The van der Waals surface area contributed by atoms with E-state index in [-0.39, 0.29) is 4.75 Å². The number of rotatable bonds is 9. The van der Waals surface area contributed by atoms with E-state index in [4.69, 9.17) is 13.3 Å². The first-order valence-electron chi connectivity index (χ1n) is 6.62. The van der Waals surface area contributed by atoms with E-state index < -0.39 is 8.80 Å². The van der Waals surface area contributed by atoms with E-state index in [9.17, 15) is 0 Å². The van der Waals surface area contributed by atoms with Crippen molar-refractivity contribution in [3.8, 4) is 0 Å². The van der Waals surface area contributed by atoms with Crippen molar-refractivity contribution in [1.82, 2.24) is 0 Å². The third-order valence-electron chi connectivity index (χ3n) is 1.97. The highest BCUT2D eigenvalue weighted by Crippen LogP contribution is 2.23. The van der Waals surface area contributed by atoms with Crippen molar-refractivity contribution in [2.24, 2.45) is 0 Å². The zero-order valence-corrected chi connectivity index (χ0v) is 14.4. The molecule has 0 aliphatic rings. The van der Waals surface area contributed by atoms with Gasteiger partial charge in [-0.1, -0.05) is 26.8 Å². The minimum Gasteiger partial charge on any atom is -0.371 e. The minimum atomic E-state index is -2.59. The molecule has 0 fully saturated rings. The Hall–Kier alpha value is 0.187. The average molecular weight is 293 g/mol. The molecule has 108 valence electrons. The third kappa shape index (κ3) is 8.32. The lowest BCUT2D eigenvalue weighted by Crippen LogP contribution is -2.44. The van der Waals surface area contributed by atoms with Crippen LogP contribution in [0.4, 0.5) is 0 Å². The monoisotopic (exact) mass is 292 g/mol. The summed E-state index contributed by atoms with van der Waals surface area (Å²) in [6, 6.07) is 0. The van der Waals surface area contributed by atoms with Gasteiger partial charge in [-0.3, -0.25) is 0 Å². The second kappa shape index (κ2) is 9.15. The predicted molar refractivity (Wildman–Crippen MR) is 82.0 cm³/mol. The molecule has 0 rings (SSSR count). The Morgan fingerprint density at radius 3 is 1.72 bits per heavy atom. The summed E-state index contributed by atoms with van der Waals surface area (Å²) in [5, 5.41) is 0. The normalized spacial score (nSPS) is 13.4. The van der Waals surface area contributed by atoms with E-state index in [0.717, 1.165) is 5.75 Å². The van der Waals surface area contributed by atoms with Crippen LogP contribution in [-0.2, 0) is 13.3 Å². The summed E-state index contributed by atoms with van der Waals surface area (Å²) in [6.45, 7) is 14.4. The highest BCUT2D eigenvalue weighted by atomic mass is 32.2. The summed E-state index contributed by atoms with van der Waals surface area (Å²) in [7, 11) is -2.59. The largest absolute Gasteiger partial charge is 0.529 e. The van der Waals surface area contributed by atoms with Crippen LogP contribution in [0.25, 0.3) is 0 Å². The molecule has 18 heavy (non-hydrogen) atoms. The minimum absolute atomic E-state index is 0.275. The molecule has 0 heterocycles. The van der Waals surface area contributed by atoms with Gasteiger partial charge in [0, 0.05) is 30.3 Å². The number of hydrogen-bond acceptors (Lipinski definition) is 4. The van der Waals surface area contributed by atoms with E-state index in [2.05, 4.69) is 26.8 Å². The Morgan fingerprint density at radius 1 is 0.944 bits per heavy atom. The fourth-order valence-electron chi connectivity index (χ4n) is 1.36. The Balaban J connectivity index is 4.49. The fraction of sp³-hybridized carbons (Fsp3) is 0.846. The topological polar surface area (TPSA) is 27.7 Å². The van der Waals surface area contributed by atoms with Crippen LogP contribution in [0, 0.1) is 0 Å². The second-order valence-corrected chi connectivity index (χ2v) is 8.98. The molecule has 0 radical (unpaired) electrons. The summed E-state index contributed by atoms with van der Waals surface area (Å²) in [6.07, 6.45) is 2.11. The summed E-state index contributed by atoms with van der Waals surface area (Å²) in [4.78, 5) is 0. The molecule has 0 aromatic rings. The van der Waals surface area contributed by atoms with Gasteiger partial charge in [-0.05, 0) is 26.5 Å². The van der Waals surface area contributed by atoms with Crippen molar-refractivity contribution >= 4 is 20.6 Å². The van der Waals surface area contributed by atoms with E-state index >= 15 is 0 Å². The highest BCUT2D eigenvalue weighted by molar-refractivity contribution is 8.00. The third-order valence-corrected chi connectivity index (χ3v) is 5.91. The lowest BCUT2D eigenvalue weighted by Gasteiger charge is -2.25. The number of thioether (sulfide) groups is 1. The van der Waals surface area contributed by atoms with Gasteiger partial charge in [0.05, 0.1) is 0 Å². The molecule has 0 amide bonds. The smallest absolute Gasteiger partial charge is 0.371 e. The molecule has 0 aliphatic carbocycles. The lowest BCUT2D eigenvalue weighted by atomic mass is 10.3. The van der Waals surface area contributed by atoms with Gasteiger partial charge in [0.2, 0.25) is 0 Å². The molecule has 0 aromatic heterocycles. The van der Waals surface area contributed by atoms with E-state index in [0.29, 0.717) is 19.8 Å². The first kappa shape index (κ1) is 18.2. The van der Waals surface area contributed by atoms with Crippen molar-refractivity contribution < 1.29 is 13.3 Å². The van der Waals surface area contributed by atoms with Gasteiger partial charge >= 0.3 is 8.80 Å². The van der Waals surface area contributed by atoms with Gasteiger partial charge in [0.15, 0.2) is 0 Å². The maximum atomic E-state index is 5.74. The molecule has 5 heteroatoms. The van der Waals surface area contributed by atoms with Crippen LogP contribution in [0.3, 0.4) is 0 Å². The average Bonchev–Trinajstić information content (AvgIpc) is 2.24. The van der Waals surface area contributed by atoms with Crippen molar-refractivity contribution in [1.29, 1.82) is 0 Å². The molecule has 0 bridgehead atoms. The first-order chi connectivity index (χ1) is 8.39. The molecule has 0 saturated heterocycles. The Kier molecular flexibility index (Phi) is 9.24. The Bertz CT molecular complexity index is 222. The van der Waals surface area contributed by atoms with Gasteiger partial charge in [-0.2, -0.15) is 11.8 Å². The summed E-state index contributed by atoms with van der Waals surface area (Å²) >= 11 is 1.90. The quantitative estimate of drug-likeness (QED) is 0.606. The van der Waals surface area contributed by atoms with Crippen LogP contribution in [0.2, 0.25) is 0 Å².